The number of nitrogens with one attached hydrogen (secondary N) is 1. The van der Waals surface area contributed by atoms with E-state index in [1.54, 1.807) is 18.2 Å². The van der Waals surface area contributed by atoms with Crippen molar-refractivity contribution in [2.24, 2.45) is 0 Å². The topological polar surface area (TPSA) is 51.2 Å². The lowest BCUT2D eigenvalue weighted by Gasteiger charge is -2.02. The molecule has 0 unspecified atom stereocenters. The van der Waals surface area contributed by atoms with E-state index < -0.39 is 0 Å². The third-order valence-electron chi connectivity index (χ3n) is 3.76. The van der Waals surface area contributed by atoms with E-state index in [4.69, 9.17) is 4.74 Å². The van der Waals surface area contributed by atoms with Crippen LogP contribution in [0.5, 0.6) is 5.75 Å². The van der Waals surface area contributed by atoms with Gasteiger partial charge in [0.25, 0.3) is 0 Å². The van der Waals surface area contributed by atoms with Gasteiger partial charge in [0.15, 0.2) is 5.13 Å². The van der Waals surface area contributed by atoms with Gasteiger partial charge in [-0.2, -0.15) is 0 Å². The molecule has 138 valence electrons. The van der Waals surface area contributed by atoms with Crippen LogP contribution >= 0.6 is 11.3 Å². The molecular formula is C21H19FN2O2S. The number of thiazole rings is 1. The molecule has 0 aliphatic carbocycles. The van der Waals surface area contributed by atoms with Gasteiger partial charge in [-0.3, -0.25) is 10.1 Å². The second-order valence-electron chi connectivity index (χ2n) is 5.76. The number of benzene rings is 2. The van der Waals surface area contributed by atoms with Crippen LogP contribution in [0.15, 0.2) is 54.6 Å². The van der Waals surface area contributed by atoms with Gasteiger partial charge < -0.3 is 4.74 Å². The minimum atomic E-state index is -0.292. The molecule has 0 spiro atoms. The zero-order valence-electron chi connectivity index (χ0n) is 15.0. The lowest BCUT2D eigenvalue weighted by Crippen LogP contribution is -2.07. The van der Waals surface area contributed by atoms with E-state index in [1.165, 1.54) is 29.5 Å². The average Bonchev–Trinajstić information content (AvgIpc) is 3.02. The Morgan fingerprint density at radius 2 is 1.89 bits per heavy atom. The summed E-state index contributed by atoms with van der Waals surface area (Å²) >= 11 is 1.38. The number of ether oxygens (including phenoxy) is 1. The predicted octanol–water partition coefficient (Wildman–Crippen LogP) is 5.31. The van der Waals surface area contributed by atoms with Gasteiger partial charge in [-0.15, -0.1) is 11.3 Å². The van der Waals surface area contributed by atoms with Crippen molar-refractivity contribution in [1.29, 1.82) is 0 Å². The fourth-order valence-corrected chi connectivity index (χ4v) is 3.33. The summed E-state index contributed by atoms with van der Waals surface area (Å²) in [6.45, 7) is 4.46. The quantitative estimate of drug-likeness (QED) is 0.588. The van der Waals surface area contributed by atoms with Crippen molar-refractivity contribution in [3.8, 4) is 17.0 Å². The Hall–Kier alpha value is -2.99. The summed E-state index contributed by atoms with van der Waals surface area (Å²) in [5.41, 5.74) is 2.46. The van der Waals surface area contributed by atoms with Crippen molar-refractivity contribution < 1.29 is 13.9 Å². The van der Waals surface area contributed by atoms with Crippen LogP contribution in [0, 0.1) is 12.7 Å². The molecule has 0 bridgehead atoms. The van der Waals surface area contributed by atoms with Crippen LogP contribution < -0.4 is 10.1 Å². The minimum Gasteiger partial charge on any atom is -0.494 e. The number of carbonyl (C=O) groups is 1. The van der Waals surface area contributed by atoms with Crippen molar-refractivity contribution in [3.05, 3.63) is 70.9 Å². The van der Waals surface area contributed by atoms with E-state index >= 15 is 0 Å². The molecule has 6 heteroatoms. The summed E-state index contributed by atoms with van der Waals surface area (Å²) in [5.74, 6) is 0.244. The molecule has 1 heterocycles. The normalized spacial score (nSPS) is 10.9. The maximum atomic E-state index is 13.1. The number of anilines is 1. The zero-order chi connectivity index (χ0) is 19.2. The fourth-order valence-electron chi connectivity index (χ4n) is 2.49. The van der Waals surface area contributed by atoms with Gasteiger partial charge in [0, 0.05) is 16.5 Å². The van der Waals surface area contributed by atoms with E-state index in [1.807, 2.05) is 38.1 Å². The summed E-state index contributed by atoms with van der Waals surface area (Å²) in [7, 11) is 0. The number of amides is 1. The Labute approximate surface area is 161 Å². The van der Waals surface area contributed by atoms with Gasteiger partial charge in [0.05, 0.1) is 12.3 Å². The zero-order valence-corrected chi connectivity index (χ0v) is 15.8. The summed E-state index contributed by atoms with van der Waals surface area (Å²) < 4.78 is 18.5. The number of aromatic nitrogens is 1. The maximum Gasteiger partial charge on any atom is 0.250 e. The first-order chi connectivity index (χ1) is 13.0. The van der Waals surface area contributed by atoms with Crippen LogP contribution in [0.25, 0.3) is 17.3 Å². The lowest BCUT2D eigenvalue weighted by atomic mass is 10.1. The molecule has 4 nitrogen and oxygen atoms in total. The van der Waals surface area contributed by atoms with Gasteiger partial charge >= 0.3 is 0 Å². The first-order valence-corrected chi connectivity index (χ1v) is 9.32. The highest BCUT2D eigenvalue weighted by molar-refractivity contribution is 7.16. The van der Waals surface area contributed by atoms with E-state index in [0.717, 1.165) is 27.4 Å². The molecule has 0 aliphatic rings. The number of rotatable bonds is 6. The molecule has 0 aliphatic heterocycles. The molecule has 1 N–H and O–H groups in total. The highest BCUT2D eigenvalue weighted by Crippen LogP contribution is 2.30. The molecule has 0 radical (unpaired) electrons. The monoisotopic (exact) mass is 382 g/mol. The molecule has 0 saturated heterocycles. The van der Waals surface area contributed by atoms with E-state index in [0.29, 0.717) is 11.7 Å². The van der Waals surface area contributed by atoms with Gasteiger partial charge in [-0.05, 0) is 61.9 Å². The van der Waals surface area contributed by atoms with Crippen molar-refractivity contribution >= 4 is 28.5 Å². The van der Waals surface area contributed by atoms with Crippen LogP contribution in [-0.2, 0) is 4.79 Å². The summed E-state index contributed by atoms with van der Waals surface area (Å²) in [4.78, 5) is 17.6. The highest BCUT2D eigenvalue weighted by atomic mass is 32.1. The SMILES string of the molecule is CCOc1ccc(/C=C/C(=O)Nc2nc(-c3ccc(F)cc3)c(C)s2)cc1. The predicted molar refractivity (Wildman–Crippen MR) is 108 cm³/mol. The lowest BCUT2D eigenvalue weighted by molar-refractivity contribution is -0.111. The fraction of sp³-hybridized carbons (Fsp3) is 0.143. The molecular weight excluding hydrogens is 363 g/mol. The van der Waals surface area contributed by atoms with Crippen LogP contribution in [-0.4, -0.2) is 17.5 Å². The molecule has 0 atom stereocenters. The van der Waals surface area contributed by atoms with E-state index in [2.05, 4.69) is 10.3 Å². The molecule has 27 heavy (non-hydrogen) atoms. The van der Waals surface area contributed by atoms with Crippen molar-refractivity contribution in [2.45, 2.75) is 13.8 Å². The number of halogens is 1. The molecule has 3 aromatic rings. The largest absolute Gasteiger partial charge is 0.494 e. The highest BCUT2D eigenvalue weighted by Gasteiger charge is 2.11. The Morgan fingerprint density at radius 3 is 2.56 bits per heavy atom. The average molecular weight is 382 g/mol. The molecule has 1 aromatic heterocycles. The Kier molecular flexibility index (Phi) is 5.98. The standard InChI is InChI=1S/C21H19FN2O2S/c1-3-26-18-11-4-15(5-12-18)6-13-19(25)23-21-24-20(14(2)27-21)16-7-9-17(22)10-8-16/h4-13H,3H2,1-2H3,(H,23,24,25)/b13-6+. The number of hydrogen-bond acceptors (Lipinski definition) is 4. The third-order valence-corrected chi connectivity index (χ3v) is 4.65. The van der Waals surface area contributed by atoms with Gasteiger partial charge in [-0.25, -0.2) is 9.37 Å². The molecule has 2 aromatic carbocycles. The second-order valence-corrected chi connectivity index (χ2v) is 6.96. The first kappa shape index (κ1) is 18.8. The maximum absolute atomic E-state index is 13.1. The molecule has 0 fully saturated rings. The molecule has 3 rings (SSSR count). The van der Waals surface area contributed by atoms with Gasteiger partial charge in [0.2, 0.25) is 5.91 Å². The Bertz CT molecular complexity index is 947. The minimum absolute atomic E-state index is 0.261. The van der Waals surface area contributed by atoms with Crippen molar-refractivity contribution in [2.75, 3.05) is 11.9 Å². The third kappa shape index (κ3) is 5.01. The van der Waals surface area contributed by atoms with Crippen molar-refractivity contribution in [3.63, 3.8) is 0 Å². The van der Waals surface area contributed by atoms with Crippen LogP contribution in [0.4, 0.5) is 9.52 Å². The van der Waals surface area contributed by atoms with Crippen LogP contribution in [0.3, 0.4) is 0 Å². The Balaban J connectivity index is 1.65. The summed E-state index contributed by atoms with van der Waals surface area (Å²) in [6.07, 6.45) is 3.19. The number of nitrogens with zero attached hydrogens (tertiary/aromatic N) is 1. The molecule has 0 saturated carbocycles. The number of aryl methyl sites for hydroxylation is 1. The second kappa shape index (κ2) is 8.60. The number of carbonyl (C=O) groups excluding carboxylic acids is 1. The molecule has 1 amide bonds. The van der Waals surface area contributed by atoms with E-state index in [9.17, 15) is 9.18 Å². The summed E-state index contributed by atoms with van der Waals surface area (Å²) in [6, 6.07) is 13.6. The van der Waals surface area contributed by atoms with Gasteiger partial charge in [-0.1, -0.05) is 12.1 Å². The van der Waals surface area contributed by atoms with Gasteiger partial charge in [0.1, 0.15) is 11.6 Å². The first-order valence-electron chi connectivity index (χ1n) is 8.50. The smallest absolute Gasteiger partial charge is 0.250 e. The Morgan fingerprint density at radius 1 is 1.19 bits per heavy atom. The van der Waals surface area contributed by atoms with E-state index in [-0.39, 0.29) is 11.7 Å². The number of hydrogen-bond donors (Lipinski definition) is 1. The van der Waals surface area contributed by atoms with Crippen LogP contribution in [0.2, 0.25) is 0 Å². The summed E-state index contributed by atoms with van der Waals surface area (Å²) in [5, 5.41) is 3.28. The van der Waals surface area contributed by atoms with Crippen molar-refractivity contribution in [1.82, 2.24) is 4.98 Å². The van der Waals surface area contributed by atoms with Crippen LogP contribution in [0.1, 0.15) is 17.4 Å².